The Bertz CT molecular complexity index is 989. The molecule has 6 nitrogen and oxygen atoms in total. The summed E-state index contributed by atoms with van der Waals surface area (Å²) in [5.74, 6) is 0.494. The fourth-order valence-corrected chi connectivity index (χ4v) is 3.74. The number of amides is 1. The highest BCUT2D eigenvalue weighted by atomic mass is 35.5. The summed E-state index contributed by atoms with van der Waals surface area (Å²) in [6.07, 6.45) is 1.63. The van der Waals surface area contributed by atoms with E-state index in [1.165, 1.54) is 24.4 Å². The third kappa shape index (κ3) is 5.53. The molecule has 0 bridgehead atoms. The fourth-order valence-electron chi connectivity index (χ4n) is 2.77. The maximum Gasteiger partial charge on any atom is 0.234 e. The molecule has 0 aliphatic rings. The molecule has 2 N–H and O–H groups in total. The second kappa shape index (κ2) is 9.82. The smallest absolute Gasteiger partial charge is 0.234 e. The number of hydrogen-bond donors (Lipinski definition) is 2. The summed E-state index contributed by atoms with van der Waals surface area (Å²) >= 11 is 7.31. The summed E-state index contributed by atoms with van der Waals surface area (Å²) in [4.78, 5) is 16.8. The molecule has 0 spiro atoms. The summed E-state index contributed by atoms with van der Waals surface area (Å²) in [6.45, 7) is 2.49. The van der Waals surface area contributed by atoms with Crippen LogP contribution in [0.15, 0.2) is 53.8 Å². The van der Waals surface area contributed by atoms with Crippen LogP contribution in [0.5, 0.6) is 5.75 Å². The summed E-state index contributed by atoms with van der Waals surface area (Å²) < 4.78 is 7.17. The van der Waals surface area contributed by atoms with Crippen molar-refractivity contribution < 1.29 is 14.6 Å². The number of ether oxygens (including phenoxy) is 1. The van der Waals surface area contributed by atoms with Crippen molar-refractivity contribution in [1.29, 1.82) is 0 Å². The van der Waals surface area contributed by atoms with Crippen LogP contribution in [0.25, 0.3) is 0 Å². The van der Waals surface area contributed by atoms with E-state index in [1.54, 1.807) is 24.4 Å². The average Bonchev–Trinajstić information content (AvgIpc) is 3.10. The topological polar surface area (TPSA) is 76.4 Å². The van der Waals surface area contributed by atoms with Gasteiger partial charge in [-0.3, -0.25) is 4.79 Å². The third-order valence-electron chi connectivity index (χ3n) is 4.29. The van der Waals surface area contributed by atoms with E-state index < -0.39 is 0 Å². The van der Waals surface area contributed by atoms with Crippen LogP contribution in [0, 0.1) is 6.92 Å². The van der Waals surface area contributed by atoms with Crippen LogP contribution in [0.4, 0.5) is 5.69 Å². The number of anilines is 1. The van der Waals surface area contributed by atoms with Gasteiger partial charge in [0.2, 0.25) is 5.91 Å². The van der Waals surface area contributed by atoms with Gasteiger partial charge in [0.25, 0.3) is 0 Å². The van der Waals surface area contributed by atoms with Gasteiger partial charge in [0.05, 0.1) is 37.0 Å². The number of rotatable bonds is 8. The van der Waals surface area contributed by atoms with Gasteiger partial charge >= 0.3 is 0 Å². The van der Waals surface area contributed by atoms with Crippen molar-refractivity contribution in [2.24, 2.45) is 0 Å². The number of nitrogens with one attached hydrogen (secondary N) is 1. The summed E-state index contributed by atoms with van der Waals surface area (Å²) in [5.41, 5.74) is 3.50. The Hall–Kier alpha value is -2.48. The van der Waals surface area contributed by atoms with Gasteiger partial charge in [-0.05, 0) is 30.7 Å². The van der Waals surface area contributed by atoms with Crippen LogP contribution in [-0.4, -0.2) is 33.4 Å². The zero-order chi connectivity index (χ0) is 20.8. The molecule has 0 fully saturated rings. The predicted octanol–water partition coefficient (Wildman–Crippen LogP) is 4.12. The molecule has 0 saturated carbocycles. The molecule has 0 aliphatic carbocycles. The lowest BCUT2D eigenvalue weighted by atomic mass is 10.1. The van der Waals surface area contributed by atoms with Gasteiger partial charge in [0, 0.05) is 11.6 Å². The van der Waals surface area contributed by atoms with Gasteiger partial charge in [-0.1, -0.05) is 53.2 Å². The highest BCUT2D eigenvalue weighted by Gasteiger charge is 2.14. The standard InChI is InChI=1S/C21H22ClN3O3S/c1-14-3-5-15(6-4-14)11-25-17(12-26)10-23-21(25)29-13-20(27)24-18-9-16(22)7-8-19(18)28-2/h3-10,26H,11-13H2,1-2H3,(H,24,27). The molecule has 0 saturated heterocycles. The Morgan fingerprint density at radius 3 is 2.72 bits per heavy atom. The summed E-state index contributed by atoms with van der Waals surface area (Å²) in [7, 11) is 1.53. The van der Waals surface area contributed by atoms with Crippen LogP contribution < -0.4 is 10.1 Å². The highest BCUT2D eigenvalue weighted by molar-refractivity contribution is 7.99. The number of aromatic nitrogens is 2. The van der Waals surface area contributed by atoms with Crippen molar-refractivity contribution in [3.63, 3.8) is 0 Å². The Morgan fingerprint density at radius 2 is 2.03 bits per heavy atom. The van der Waals surface area contributed by atoms with Crippen molar-refractivity contribution >= 4 is 35.0 Å². The first kappa shape index (κ1) is 21.2. The monoisotopic (exact) mass is 431 g/mol. The number of carbonyl (C=O) groups excluding carboxylic acids is 1. The molecular weight excluding hydrogens is 410 g/mol. The Morgan fingerprint density at radius 1 is 1.28 bits per heavy atom. The van der Waals surface area contributed by atoms with Crippen LogP contribution in [0.1, 0.15) is 16.8 Å². The molecule has 0 unspecified atom stereocenters. The summed E-state index contributed by atoms with van der Waals surface area (Å²) in [6, 6.07) is 13.2. The van der Waals surface area contributed by atoms with Crippen LogP contribution in [0.3, 0.4) is 0 Å². The number of carbonyl (C=O) groups is 1. The minimum Gasteiger partial charge on any atom is -0.495 e. The molecule has 1 heterocycles. The van der Waals surface area contributed by atoms with Gasteiger partial charge in [-0.2, -0.15) is 0 Å². The van der Waals surface area contributed by atoms with E-state index in [-0.39, 0.29) is 18.3 Å². The Kier molecular flexibility index (Phi) is 7.19. The number of methoxy groups -OCH3 is 1. The quantitative estimate of drug-likeness (QED) is 0.524. The van der Waals surface area contributed by atoms with E-state index in [9.17, 15) is 9.90 Å². The SMILES string of the molecule is COc1ccc(Cl)cc1NC(=O)CSc1ncc(CO)n1Cc1ccc(C)cc1. The molecule has 0 aliphatic heterocycles. The lowest BCUT2D eigenvalue weighted by Gasteiger charge is -2.12. The molecule has 1 aromatic heterocycles. The number of benzene rings is 2. The van der Waals surface area contributed by atoms with Crippen LogP contribution in [0.2, 0.25) is 5.02 Å². The van der Waals surface area contributed by atoms with Crippen molar-refractivity contribution in [3.05, 3.63) is 70.5 Å². The molecule has 2 aromatic carbocycles. The van der Waals surface area contributed by atoms with Crippen molar-refractivity contribution in [3.8, 4) is 5.75 Å². The maximum atomic E-state index is 12.4. The van der Waals surface area contributed by atoms with Crippen LogP contribution >= 0.6 is 23.4 Å². The molecule has 152 valence electrons. The molecule has 8 heteroatoms. The first-order valence-electron chi connectivity index (χ1n) is 8.97. The number of nitrogens with zero attached hydrogens (tertiary/aromatic N) is 2. The van der Waals surface area contributed by atoms with E-state index in [0.29, 0.717) is 33.9 Å². The molecule has 0 atom stereocenters. The zero-order valence-electron chi connectivity index (χ0n) is 16.2. The number of aliphatic hydroxyl groups excluding tert-OH is 1. The van der Waals surface area contributed by atoms with E-state index >= 15 is 0 Å². The van der Waals surface area contributed by atoms with Crippen LogP contribution in [-0.2, 0) is 17.9 Å². The van der Waals surface area contributed by atoms with Crippen molar-refractivity contribution in [2.45, 2.75) is 25.2 Å². The van der Waals surface area contributed by atoms with Gasteiger partial charge in [-0.15, -0.1) is 0 Å². The van der Waals surface area contributed by atoms with Gasteiger partial charge in [0.1, 0.15) is 5.75 Å². The molecule has 0 radical (unpaired) electrons. The molecule has 1 amide bonds. The van der Waals surface area contributed by atoms with Gasteiger partial charge < -0.3 is 19.7 Å². The lowest BCUT2D eigenvalue weighted by molar-refractivity contribution is -0.113. The second-order valence-corrected chi connectivity index (χ2v) is 7.82. The highest BCUT2D eigenvalue weighted by Crippen LogP contribution is 2.28. The Labute approximate surface area is 178 Å². The van der Waals surface area contributed by atoms with Crippen molar-refractivity contribution in [2.75, 3.05) is 18.2 Å². The van der Waals surface area contributed by atoms with E-state index in [1.807, 2.05) is 35.8 Å². The largest absolute Gasteiger partial charge is 0.495 e. The Balaban J connectivity index is 1.69. The number of aliphatic hydroxyl groups is 1. The normalized spacial score (nSPS) is 10.8. The number of halogens is 1. The number of imidazole rings is 1. The molecule has 29 heavy (non-hydrogen) atoms. The predicted molar refractivity (Wildman–Crippen MR) is 116 cm³/mol. The van der Waals surface area contributed by atoms with E-state index in [4.69, 9.17) is 16.3 Å². The lowest BCUT2D eigenvalue weighted by Crippen LogP contribution is -2.15. The first-order valence-corrected chi connectivity index (χ1v) is 10.3. The number of aryl methyl sites for hydroxylation is 1. The van der Waals surface area contributed by atoms with E-state index in [2.05, 4.69) is 10.3 Å². The minimum absolute atomic E-state index is 0.120. The zero-order valence-corrected chi connectivity index (χ0v) is 17.8. The van der Waals surface area contributed by atoms with Crippen molar-refractivity contribution in [1.82, 2.24) is 9.55 Å². The first-order chi connectivity index (χ1) is 14.0. The minimum atomic E-state index is -0.203. The fraction of sp³-hybridized carbons (Fsp3) is 0.238. The molecule has 3 rings (SSSR count). The summed E-state index contributed by atoms with van der Waals surface area (Å²) in [5, 5.41) is 13.6. The van der Waals surface area contributed by atoms with Gasteiger partial charge in [-0.25, -0.2) is 4.98 Å². The third-order valence-corrected chi connectivity index (χ3v) is 5.52. The number of thioether (sulfide) groups is 1. The number of hydrogen-bond acceptors (Lipinski definition) is 5. The molecular formula is C21H22ClN3O3S. The van der Waals surface area contributed by atoms with E-state index in [0.717, 1.165) is 5.56 Å². The maximum absolute atomic E-state index is 12.4. The molecule has 3 aromatic rings. The second-order valence-electron chi connectivity index (χ2n) is 6.44. The van der Waals surface area contributed by atoms with Gasteiger partial charge in [0.15, 0.2) is 5.16 Å². The average molecular weight is 432 g/mol.